The fourth-order valence-corrected chi connectivity index (χ4v) is 2.05. The number of carbonyl (C=O) groups excluding carboxylic acids is 1. The maximum Gasteiger partial charge on any atom is 0.304 e. The maximum absolute atomic E-state index is 11.8. The number of carbonyl (C=O) groups is 2. The first kappa shape index (κ1) is 15.8. The average molecular weight is 267 g/mol. The summed E-state index contributed by atoms with van der Waals surface area (Å²) in [6.07, 6.45) is -0.288. The highest BCUT2D eigenvalue weighted by atomic mass is 32.2. The number of amides is 1. The van der Waals surface area contributed by atoms with Gasteiger partial charge in [0.25, 0.3) is 10.2 Å². The monoisotopic (exact) mass is 267 g/mol. The highest BCUT2D eigenvalue weighted by molar-refractivity contribution is 7.86. The van der Waals surface area contributed by atoms with Crippen molar-refractivity contribution >= 4 is 22.1 Å². The van der Waals surface area contributed by atoms with Crippen molar-refractivity contribution in [2.75, 3.05) is 34.2 Å². The molecule has 100 valence electrons. The number of likely N-dealkylation sites (N-methyl/N-ethyl adjacent to an activating group) is 2. The predicted molar refractivity (Wildman–Crippen MR) is 60.5 cm³/mol. The molecule has 0 unspecified atom stereocenters. The molecule has 0 spiro atoms. The van der Waals surface area contributed by atoms with Crippen LogP contribution in [0.4, 0.5) is 0 Å². The van der Waals surface area contributed by atoms with Gasteiger partial charge in [-0.15, -0.1) is 0 Å². The zero-order valence-corrected chi connectivity index (χ0v) is 10.8. The van der Waals surface area contributed by atoms with Gasteiger partial charge in [-0.3, -0.25) is 9.59 Å². The van der Waals surface area contributed by atoms with Gasteiger partial charge in [0.05, 0.1) is 13.0 Å². The Kier molecular flexibility index (Phi) is 6.07. The van der Waals surface area contributed by atoms with E-state index in [0.29, 0.717) is 0 Å². The Morgan fingerprint density at radius 1 is 1.24 bits per heavy atom. The van der Waals surface area contributed by atoms with E-state index < -0.39 is 22.1 Å². The number of rotatable bonds is 7. The number of nitrogens with one attached hydrogen (secondary N) is 1. The van der Waals surface area contributed by atoms with E-state index in [0.717, 1.165) is 8.61 Å². The Bertz CT molecular complexity index is 381. The van der Waals surface area contributed by atoms with Gasteiger partial charge in [-0.1, -0.05) is 0 Å². The van der Waals surface area contributed by atoms with E-state index in [1.54, 1.807) is 0 Å². The molecule has 0 aromatic carbocycles. The molecule has 0 aromatic rings. The van der Waals surface area contributed by atoms with Gasteiger partial charge in [0.15, 0.2) is 0 Å². The zero-order valence-electron chi connectivity index (χ0n) is 10.0. The lowest BCUT2D eigenvalue weighted by atomic mass is 10.4. The molecule has 9 heteroatoms. The van der Waals surface area contributed by atoms with Gasteiger partial charge in [-0.2, -0.15) is 17.0 Å². The molecule has 0 aromatic heterocycles. The molecule has 0 aliphatic rings. The minimum absolute atomic E-state index is 0.143. The fourth-order valence-electron chi connectivity index (χ4n) is 0.969. The summed E-state index contributed by atoms with van der Waals surface area (Å²) in [5.74, 6) is -1.52. The van der Waals surface area contributed by atoms with Gasteiger partial charge in [0.2, 0.25) is 5.91 Å². The summed E-state index contributed by atoms with van der Waals surface area (Å²) in [5.41, 5.74) is 0. The van der Waals surface area contributed by atoms with Gasteiger partial charge in [-0.05, 0) is 0 Å². The van der Waals surface area contributed by atoms with Crippen molar-refractivity contribution in [1.29, 1.82) is 0 Å². The van der Waals surface area contributed by atoms with Gasteiger partial charge >= 0.3 is 5.97 Å². The molecule has 0 fully saturated rings. The summed E-state index contributed by atoms with van der Waals surface area (Å²) in [5, 5.41) is 10.8. The minimum Gasteiger partial charge on any atom is -0.481 e. The summed E-state index contributed by atoms with van der Waals surface area (Å²) in [6.45, 7) is -0.452. The van der Waals surface area contributed by atoms with E-state index in [1.807, 2.05) is 0 Å². The number of nitrogens with zero attached hydrogens (tertiary/aromatic N) is 2. The molecule has 0 saturated heterocycles. The average Bonchev–Trinajstić information content (AvgIpc) is 2.25. The number of carboxylic acid groups (broad SMARTS) is 1. The summed E-state index contributed by atoms with van der Waals surface area (Å²) in [7, 11) is 0.117. The molecule has 0 bridgehead atoms. The van der Waals surface area contributed by atoms with Crippen molar-refractivity contribution in [3.63, 3.8) is 0 Å². The highest BCUT2D eigenvalue weighted by Gasteiger charge is 2.25. The Hall–Kier alpha value is -1.19. The van der Waals surface area contributed by atoms with Crippen LogP contribution >= 0.6 is 0 Å². The maximum atomic E-state index is 11.8. The van der Waals surface area contributed by atoms with Crippen LogP contribution in [0.5, 0.6) is 0 Å². The molecular formula is C8H17N3O5S. The van der Waals surface area contributed by atoms with Gasteiger partial charge in [-0.25, -0.2) is 0 Å². The normalized spacial score (nSPS) is 11.8. The summed E-state index contributed by atoms with van der Waals surface area (Å²) < 4.78 is 25.3. The van der Waals surface area contributed by atoms with Crippen molar-refractivity contribution in [2.24, 2.45) is 0 Å². The summed E-state index contributed by atoms with van der Waals surface area (Å²) >= 11 is 0. The molecule has 17 heavy (non-hydrogen) atoms. The third kappa shape index (κ3) is 5.11. The van der Waals surface area contributed by atoms with Gasteiger partial charge in [0, 0.05) is 27.7 Å². The van der Waals surface area contributed by atoms with Crippen LogP contribution in [-0.4, -0.2) is 68.2 Å². The lowest BCUT2D eigenvalue weighted by Gasteiger charge is -2.23. The molecule has 0 atom stereocenters. The predicted octanol–water partition coefficient (Wildman–Crippen LogP) is -1.68. The Balaban J connectivity index is 4.54. The molecule has 0 rings (SSSR count). The molecule has 8 nitrogen and oxygen atoms in total. The zero-order chi connectivity index (χ0) is 13.6. The lowest BCUT2D eigenvalue weighted by molar-refractivity contribution is -0.137. The Morgan fingerprint density at radius 3 is 2.18 bits per heavy atom. The molecule has 2 N–H and O–H groups in total. The molecule has 0 aliphatic heterocycles. The lowest BCUT2D eigenvalue weighted by Crippen LogP contribution is -2.44. The second-order valence-electron chi connectivity index (χ2n) is 3.40. The van der Waals surface area contributed by atoms with E-state index in [9.17, 15) is 18.0 Å². The largest absolute Gasteiger partial charge is 0.481 e. The van der Waals surface area contributed by atoms with Gasteiger partial charge < -0.3 is 10.4 Å². The topological polar surface area (TPSA) is 107 Å². The first-order valence-corrected chi connectivity index (χ1v) is 6.21. The number of hydrogen-bond acceptors (Lipinski definition) is 4. The van der Waals surface area contributed by atoms with Crippen LogP contribution in [0.2, 0.25) is 0 Å². The van der Waals surface area contributed by atoms with Crippen LogP contribution in [0.15, 0.2) is 0 Å². The first-order valence-electron chi connectivity index (χ1n) is 4.81. The first-order chi connectivity index (χ1) is 7.71. The van der Waals surface area contributed by atoms with Crippen molar-refractivity contribution in [3.8, 4) is 0 Å². The second-order valence-corrected chi connectivity index (χ2v) is 5.54. The molecule has 0 heterocycles. The van der Waals surface area contributed by atoms with Gasteiger partial charge in [0.1, 0.15) is 0 Å². The smallest absolute Gasteiger partial charge is 0.304 e. The van der Waals surface area contributed by atoms with Crippen LogP contribution in [0, 0.1) is 0 Å². The minimum atomic E-state index is -3.80. The second kappa shape index (κ2) is 6.52. The van der Waals surface area contributed by atoms with Crippen molar-refractivity contribution in [2.45, 2.75) is 6.42 Å². The summed E-state index contributed by atoms with van der Waals surface area (Å²) in [6, 6.07) is 0. The van der Waals surface area contributed by atoms with Crippen LogP contribution in [-0.2, 0) is 19.8 Å². The molecule has 0 saturated carbocycles. The van der Waals surface area contributed by atoms with Crippen LogP contribution in [0.1, 0.15) is 6.42 Å². The number of hydrogen-bond donors (Lipinski definition) is 2. The van der Waals surface area contributed by atoms with Crippen LogP contribution in [0.25, 0.3) is 0 Å². The summed E-state index contributed by atoms with van der Waals surface area (Å²) in [4.78, 5) is 21.4. The Morgan fingerprint density at radius 2 is 1.76 bits per heavy atom. The standard InChI is InChI=1S/C8H17N3O5S/c1-9-7(12)6-11(3)17(15,16)10(2)5-4-8(13)14/h4-6H2,1-3H3,(H,9,12)(H,13,14). The van der Waals surface area contributed by atoms with E-state index in [1.165, 1.54) is 21.1 Å². The molecule has 0 aliphatic carbocycles. The quantitative estimate of drug-likeness (QED) is 0.572. The fraction of sp³-hybridized carbons (Fsp3) is 0.750. The van der Waals surface area contributed by atoms with E-state index in [4.69, 9.17) is 5.11 Å². The SMILES string of the molecule is CNC(=O)CN(C)S(=O)(=O)N(C)CCC(=O)O. The molecule has 1 amide bonds. The Labute approximate surface area is 100 Å². The van der Waals surface area contributed by atoms with E-state index >= 15 is 0 Å². The van der Waals surface area contributed by atoms with Crippen LogP contribution < -0.4 is 5.32 Å². The molecular weight excluding hydrogens is 250 g/mol. The number of aliphatic carboxylic acids is 1. The molecule has 0 radical (unpaired) electrons. The van der Waals surface area contributed by atoms with Crippen molar-refractivity contribution in [3.05, 3.63) is 0 Å². The highest BCUT2D eigenvalue weighted by Crippen LogP contribution is 2.04. The third-order valence-electron chi connectivity index (χ3n) is 2.07. The number of carboxylic acids is 1. The third-order valence-corrected chi connectivity index (χ3v) is 3.96. The van der Waals surface area contributed by atoms with Crippen molar-refractivity contribution < 1.29 is 23.1 Å². The van der Waals surface area contributed by atoms with Crippen LogP contribution in [0.3, 0.4) is 0 Å². The van der Waals surface area contributed by atoms with Crippen molar-refractivity contribution in [1.82, 2.24) is 13.9 Å². The van der Waals surface area contributed by atoms with E-state index in [2.05, 4.69) is 5.32 Å². The van der Waals surface area contributed by atoms with E-state index in [-0.39, 0.29) is 19.5 Å².